The Kier molecular flexibility index (Phi) is 2.93. The minimum absolute atomic E-state index is 0.0143. The lowest BCUT2D eigenvalue weighted by Gasteiger charge is -2.32. The monoisotopic (exact) mass is 238 g/mol. The highest BCUT2D eigenvalue weighted by molar-refractivity contribution is 8.20. The molecule has 0 aromatic carbocycles. The predicted octanol–water partition coefficient (Wildman–Crippen LogP) is 3.19. The fraction of sp³-hybridized carbons (Fsp3) is 0.583. The molecular formula is C12H19BO2S. The second kappa shape index (κ2) is 3.86. The quantitative estimate of drug-likeness (QED) is 0.543. The summed E-state index contributed by atoms with van der Waals surface area (Å²) >= 11 is 0. The third-order valence-corrected chi connectivity index (χ3v) is 4.99. The lowest BCUT2D eigenvalue weighted by Crippen LogP contribution is -2.41. The van der Waals surface area contributed by atoms with E-state index < -0.39 is 0 Å². The van der Waals surface area contributed by atoms with E-state index in [0.717, 1.165) is 6.32 Å². The van der Waals surface area contributed by atoms with Gasteiger partial charge in [0.05, 0.1) is 11.2 Å². The van der Waals surface area contributed by atoms with E-state index in [9.17, 15) is 0 Å². The molecule has 16 heavy (non-hydrogen) atoms. The maximum absolute atomic E-state index is 5.96. The van der Waals surface area contributed by atoms with Crippen LogP contribution < -0.4 is 0 Å². The van der Waals surface area contributed by atoms with Gasteiger partial charge in [-0.25, -0.2) is 0 Å². The summed E-state index contributed by atoms with van der Waals surface area (Å²) in [6.45, 7) is 8.33. The summed E-state index contributed by atoms with van der Waals surface area (Å²) in [5, 5.41) is 2.13. The summed E-state index contributed by atoms with van der Waals surface area (Å²) in [7, 11) is -0.117. The molecule has 0 radical (unpaired) electrons. The molecule has 88 valence electrons. The molecule has 2 rings (SSSR count). The smallest absolute Gasteiger partial charge is 0.403 e. The van der Waals surface area contributed by atoms with E-state index in [-0.39, 0.29) is 28.8 Å². The molecule has 0 bridgehead atoms. The second-order valence-electron chi connectivity index (χ2n) is 5.28. The van der Waals surface area contributed by atoms with Crippen molar-refractivity contribution in [2.75, 3.05) is 0 Å². The van der Waals surface area contributed by atoms with Gasteiger partial charge in [-0.2, -0.15) is 0 Å². The van der Waals surface area contributed by atoms with Crippen molar-refractivity contribution in [2.24, 2.45) is 0 Å². The molecule has 0 aromatic heterocycles. The van der Waals surface area contributed by atoms with E-state index in [1.807, 2.05) is 0 Å². The summed E-state index contributed by atoms with van der Waals surface area (Å²) in [5.41, 5.74) is -0.464. The Hall–Kier alpha value is -0.315. The minimum Gasteiger partial charge on any atom is -0.403 e. The summed E-state index contributed by atoms with van der Waals surface area (Å²) in [6, 6.07) is 0. The highest BCUT2D eigenvalue weighted by Crippen LogP contribution is 2.41. The molecule has 1 atom stereocenters. The van der Waals surface area contributed by atoms with Gasteiger partial charge in [-0.05, 0) is 38.0 Å². The van der Waals surface area contributed by atoms with Gasteiger partial charge in [0, 0.05) is 6.32 Å². The van der Waals surface area contributed by atoms with Gasteiger partial charge < -0.3 is 9.31 Å². The van der Waals surface area contributed by atoms with Crippen LogP contribution in [-0.2, 0) is 9.31 Å². The Morgan fingerprint density at radius 3 is 2.25 bits per heavy atom. The number of rotatable bonds is 2. The predicted molar refractivity (Wildman–Crippen MR) is 72.8 cm³/mol. The standard InChI is InChI=1S/C12H19BO2S/c1-11(2)12(3,4)15-13(14-11)9-10-7-6-8-16(10)5/h6-8H,5,9H2,1-4H3. The van der Waals surface area contributed by atoms with Gasteiger partial charge in [-0.3, -0.25) is 0 Å². The van der Waals surface area contributed by atoms with Crippen LogP contribution in [0.3, 0.4) is 0 Å². The topological polar surface area (TPSA) is 18.5 Å². The molecule has 2 heterocycles. The van der Waals surface area contributed by atoms with Crippen LogP contribution in [0.2, 0.25) is 6.32 Å². The fourth-order valence-corrected chi connectivity index (χ4v) is 2.85. The molecule has 0 aromatic rings. The van der Waals surface area contributed by atoms with E-state index in [2.05, 4.69) is 51.1 Å². The van der Waals surface area contributed by atoms with Crippen molar-refractivity contribution < 1.29 is 9.31 Å². The van der Waals surface area contributed by atoms with Crippen LogP contribution >= 0.6 is 10.5 Å². The van der Waals surface area contributed by atoms with Crippen molar-refractivity contribution in [3.8, 4) is 0 Å². The average Bonchev–Trinajstić information content (AvgIpc) is 2.57. The van der Waals surface area contributed by atoms with Crippen molar-refractivity contribution >= 4 is 23.5 Å². The van der Waals surface area contributed by atoms with Crippen LogP contribution in [0.1, 0.15) is 27.7 Å². The Morgan fingerprint density at radius 1 is 1.25 bits per heavy atom. The van der Waals surface area contributed by atoms with Crippen LogP contribution in [0.15, 0.2) is 22.5 Å². The van der Waals surface area contributed by atoms with Crippen LogP contribution in [0, 0.1) is 0 Å². The summed E-state index contributed by atoms with van der Waals surface area (Å²) in [4.78, 5) is 1.32. The Bertz CT molecular complexity index is 366. The normalized spacial score (nSPS) is 30.9. The lowest BCUT2D eigenvalue weighted by atomic mass is 9.84. The summed E-state index contributed by atoms with van der Waals surface area (Å²) in [6.07, 6.45) is 5.02. The zero-order valence-electron chi connectivity index (χ0n) is 10.4. The highest BCUT2D eigenvalue weighted by Gasteiger charge is 2.51. The summed E-state index contributed by atoms with van der Waals surface area (Å²) in [5.74, 6) is 4.10. The maximum Gasteiger partial charge on any atom is 0.462 e. The molecule has 4 heteroatoms. The van der Waals surface area contributed by atoms with Crippen LogP contribution in [0.25, 0.3) is 0 Å². The molecule has 2 aliphatic heterocycles. The zero-order chi connectivity index (χ0) is 12.0. The molecule has 1 unspecified atom stereocenters. The van der Waals surface area contributed by atoms with E-state index in [1.54, 1.807) is 0 Å². The third-order valence-electron chi connectivity index (χ3n) is 3.53. The molecule has 2 aliphatic rings. The van der Waals surface area contributed by atoms with Crippen LogP contribution in [0.5, 0.6) is 0 Å². The van der Waals surface area contributed by atoms with Crippen molar-refractivity contribution in [1.82, 2.24) is 0 Å². The second-order valence-corrected chi connectivity index (χ2v) is 6.93. The molecule has 0 spiro atoms. The zero-order valence-corrected chi connectivity index (χ0v) is 11.3. The van der Waals surface area contributed by atoms with E-state index in [4.69, 9.17) is 9.31 Å². The van der Waals surface area contributed by atoms with Crippen molar-refractivity contribution in [3.05, 3.63) is 22.5 Å². The number of allylic oxidation sites excluding steroid dienone is 3. The van der Waals surface area contributed by atoms with Gasteiger partial charge in [0.2, 0.25) is 0 Å². The largest absolute Gasteiger partial charge is 0.462 e. The SMILES string of the molecule is C=S1C=CC=C1CB1OC(C)(C)C(C)(C)O1. The molecule has 0 saturated carbocycles. The molecule has 2 nitrogen and oxygen atoms in total. The van der Waals surface area contributed by atoms with Crippen LogP contribution in [0.4, 0.5) is 0 Å². The van der Waals surface area contributed by atoms with Gasteiger partial charge >= 0.3 is 7.12 Å². The minimum atomic E-state index is -0.232. The molecular weight excluding hydrogens is 219 g/mol. The number of hydrogen-bond acceptors (Lipinski definition) is 2. The first-order chi connectivity index (χ1) is 7.32. The maximum atomic E-state index is 5.96. The highest BCUT2D eigenvalue weighted by atomic mass is 32.2. The molecule has 0 N–H and O–H groups in total. The molecule has 0 aliphatic carbocycles. The van der Waals surface area contributed by atoms with Gasteiger partial charge in [0.25, 0.3) is 0 Å². The van der Waals surface area contributed by atoms with Crippen molar-refractivity contribution in [2.45, 2.75) is 45.2 Å². The van der Waals surface area contributed by atoms with Crippen LogP contribution in [-0.4, -0.2) is 24.2 Å². The molecule has 1 fully saturated rings. The Morgan fingerprint density at radius 2 is 1.81 bits per heavy atom. The molecule has 0 amide bonds. The fourth-order valence-electron chi connectivity index (χ4n) is 1.80. The van der Waals surface area contributed by atoms with Gasteiger partial charge in [-0.15, -0.1) is 10.5 Å². The first-order valence-electron chi connectivity index (χ1n) is 5.58. The third kappa shape index (κ3) is 2.06. The number of hydrogen-bond donors (Lipinski definition) is 0. The lowest BCUT2D eigenvalue weighted by molar-refractivity contribution is 0.00578. The van der Waals surface area contributed by atoms with E-state index in [1.165, 1.54) is 4.91 Å². The van der Waals surface area contributed by atoms with Crippen molar-refractivity contribution in [3.63, 3.8) is 0 Å². The van der Waals surface area contributed by atoms with Gasteiger partial charge in [0.15, 0.2) is 0 Å². The first-order valence-corrected chi connectivity index (χ1v) is 7.03. The average molecular weight is 238 g/mol. The Labute approximate surface area is 101 Å². The Balaban J connectivity index is 2.03. The van der Waals surface area contributed by atoms with Gasteiger partial charge in [0.1, 0.15) is 0 Å². The first kappa shape index (κ1) is 12.2. The van der Waals surface area contributed by atoms with E-state index in [0.29, 0.717) is 0 Å². The van der Waals surface area contributed by atoms with Crippen molar-refractivity contribution in [1.29, 1.82) is 0 Å². The van der Waals surface area contributed by atoms with Gasteiger partial charge in [-0.1, -0.05) is 18.0 Å². The summed E-state index contributed by atoms with van der Waals surface area (Å²) < 4.78 is 11.9. The molecule has 1 saturated heterocycles. The van der Waals surface area contributed by atoms with E-state index >= 15 is 0 Å².